The van der Waals surface area contributed by atoms with E-state index in [2.05, 4.69) is 6.92 Å². The monoisotopic (exact) mass is 392 g/mol. The third kappa shape index (κ3) is 4.75. The lowest BCUT2D eigenvalue weighted by atomic mass is 9.66. The van der Waals surface area contributed by atoms with Crippen LogP contribution in [0.5, 0.6) is 0 Å². The van der Waals surface area contributed by atoms with Crippen molar-refractivity contribution in [2.24, 2.45) is 23.7 Å². The van der Waals surface area contributed by atoms with E-state index in [0.717, 1.165) is 30.6 Å². The molecule has 0 amide bonds. The lowest BCUT2D eigenvalue weighted by Gasteiger charge is -2.39. The van der Waals surface area contributed by atoms with Gasteiger partial charge in [-0.2, -0.15) is 0 Å². The maximum Gasteiger partial charge on any atom is 0.341 e. The Bertz CT molecular complexity index is 648. The third-order valence-corrected chi connectivity index (χ3v) is 7.58. The van der Waals surface area contributed by atoms with E-state index in [1.165, 1.54) is 63.5 Å². The number of carbonyl (C=O) groups is 1. The summed E-state index contributed by atoms with van der Waals surface area (Å²) in [6.07, 6.45) is 12.9. The van der Waals surface area contributed by atoms with Crippen LogP contribution in [0.1, 0.15) is 99.9 Å². The van der Waals surface area contributed by atoms with Crippen molar-refractivity contribution in [2.75, 3.05) is 0 Å². The highest BCUT2D eigenvalue weighted by Crippen LogP contribution is 2.45. The summed E-state index contributed by atoms with van der Waals surface area (Å²) in [5.41, 5.74) is -0.262. The van der Waals surface area contributed by atoms with Crippen LogP contribution in [-0.2, 0) is 0 Å². The van der Waals surface area contributed by atoms with Crippen LogP contribution in [0.15, 0.2) is 12.1 Å². The first-order valence-electron chi connectivity index (χ1n) is 11.1. The summed E-state index contributed by atoms with van der Waals surface area (Å²) < 4.78 is 28.1. The second-order valence-corrected chi connectivity index (χ2v) is 9.20. The Morgan fingerprint density at radius 2 is 1.50 bits per heavy atom. The second-order valence-electron chi connectivity index (χ2n) is 9.20. The first-order valence-corrected chi connectivity index (χ1v) is 11.1. The first kappa shape index (κ1) is 21.3. The maximum atomic E-state index is 14.1. The van der Waals surface area contributed by atoms with Crippen molar-refractivity contribution in [3.05, 3.63) is 34.9 Å². The molecular weight excluding hydrogens is 358 g/mol. The summed E-state index contributed by atoms with van der Waals surface area (Å²) in [5.74, 6) is -0.392. The van der Waals surface area contributed by atoms with Crippen LogP contribution in [-0.4, -0.2) is 11.1 Å². The first-order chi connectivity index (χ1) is 13.4. The molecule has 3 rings (SSSR count). The fourth-order valence-electron chi connectivity index (χ4n) is 5.81. The van der Waals surface area contributed by atoms with E-state index in [1.54, 1.807) is 0 Å². The molecular formula is C24H34F2O2. The molecule has 0 saturated heterocycles. The molecule has 1 aromatic rings. The molecule has 156 valence electrons. The zero-order chi connectivity index (χ0) is 20.3. The van der Waals surface area contributed by atoms with E-state index in [4.69, 9.17) is 5.11 Å². The molecule has 0 aromatic heterocycles. The highest BCUT2D eigenvalue weighted by Gasteiger charge is 2.33. The van der Waals surface area contributed by atoms with Crippen molar-refractivity contribution in [1.29, 1.82) is 0 Å². The van der Waals surface area contributed by atoms with E-state index in [0.29, 0.717) is 11.5 Å². The molecule has 0 heterocycles. The Morgan fingerprint density at radius 3 is 1.96 bits per heavy atom. The lowest BCUT2D eigenvalue weighted by Crippen LogP contribution is -2.27. The van der Waals surface area contributed by atoms with Gasteiger partial charge in [-0.05, 0) is 85.8 Å². The molecule has 0 bridgehead atoms. The largest absolute Gasteiger partial charge is 0.477 e. The molecule has 1 unspecified atom stereocenters. The van der Waals surface area contributed by atoms with Crippen molar-refractivity contribution >= 4 is 5.97 Å². The van der Waals surface area contributed by atoms with Gasteiger partial charge in [0, 0.05) is 0 Å². The number of hydrogen-bond acceptors (Lipinski definition) is 1. The zero-order valence-electron chi connectivity index (χ0n) is 17.2. The lowest BCUT2D eigenvalue weighted by molar-refractivity contribution is 0.0686. The van der Waals surface area contributed by atoms with Crippen molar-refractivity contribution < 1.29 is 18.7 Å². The Labute approximate surface area is 167 Å². The van der Waals surface area contributed by atoms with Gasteiger partial charge in [-0.15, -0.1) is 0 Å². The van der Waals surface area contributed by atoms with Crippen molar-refractivity contribution in [2.45, 2.75) is 84.0 Å². The topological polar surface area (TPSA) is 37.3 Å². The average molecular weight is 393 g/mol. The number of aromatic carboxylic acids is 1. The van der Waals surface area contributed by atoms with Gasteiger partial charge in [-0.1, -0.05) is 39.5 Å². The minimum absolute atomic E-state index is 0.0492. The summed E-state index contributed by atoms with van der Waals surface area (Å²) in [4.78, 5) is 11.0. The van der Waals surface area contributed by atoms with Gasteiger partial charge in [0.2, 0.25) is 0 Å². The maximum absolute atomic E-state index is 14.1. The summed E-state index contributed by atoms with van der Waals surface area (Å²) in [5, 5.41) is 8.94. The number of halogens is 2. The average Bonchev–Trinajstić information content (AvgIpc) is 2.67. The number of rotatable bonds is 6. The fraction of sp³-hybridized carbons (Fsp3) is 0.708. The minimum atomic E-state index is -1.55. The van der Waals surface area contributed by atoms with Gasteiger partial charge < -0.3 is 5.11 Å². The van der Waals surface area contributed by atoms with Gasteiger partial charge in [0.05, 0.1) is 0 Å². The highest BCUT2D eigenvalue weighted by atomic mass is 19.1. The van der Waals surface area contributed by atoms with E-state index < -0.39 is 23.2 Å². The van der Waals surface area contributed by atoms with Crippen LogP contribution in [0.25, 0.3) is 0 Å². The molecule has 1 aromatic carbocycles. The molecule has 4 heteroatoms. The molecule has 0 radical (unpaired) electrons. The number of benzene rings is 1. The second kappa shape index (κ2) is 9.37. The van der Waals surface area contributed by atoms with E-state index >= 15 is 0 Å². The van der Waals surface area contributed by atoms with E-state index in [-0.39, 0.29) is 5.92 Å². The molecule has 0 spiro atoms. The van der Waals surface area contributed by atoms with Gasteiger partial charge in [-0.25, -0.2) is 13.6 Å². The normalized spacial score (nSPS) is 29.4. The van der Waals surface area contributed by atoms with Crippen LogP contribution < -0.4 is 0 Å². The van der Waals surface area contributed by atoms with Gasteiger partial charge in [0.25, 0.3) is 0 Å². The quantitative estimate of drug-likeness (QED) is 0.557. The van der Waals surface area contributed by atoms with Crippen LogP contribution in [0.2, 0.25) is 0 Å². The Kier molecular flexibility index (Phi) is 7.11. The summed E-state index contributed by atoms with van der Waals surface area (Å²) >= 11 is 0. The number of carboxylic acid groups (broad SMARTS) is 1. The SMILES string of the molecule is CCCC1CCC(C2CCC(C(C)c3cc(F)c(C(=O)O)c(F)c3)CC2)CC1. The molecule has 1 atom stereocenters. The van der Waals surface area contributed by atoms with Crippen molar-refractivity contribution in [1.82, 2.24) is 0 Å². The summed E-state index contributed by atoms with van der Waals surface area (Å²) in [6.45, 7) is 4.30. The molecule has 1 N–H and O–H groups in total. The predicted octanol–water partition coefficient (Wildman–Crippen LogP) is 7.18. The van der Waals surface area contributed by atoms with Crippen molar-refractivity contribution in [3.63, 3.8) is 0 Å². The highest BCUT2D eigenvalue weighted by molar-refractivity contribution is 5.88. The number of carboxylic acids is 1. The standard InChI is InChI=1S/C24H34F2O2/c1-3-4-16-5-7-18(8-6-16)19-11-9-17(10-12-19)15(2)20-13-21(25)23(24(27)28)22(26)14-20/h13-19H,3-12H2,1-2H3,(H,27,28). The van der Waals surface area contributed by atoms with Crippen LogP contribution in [0.3, 0.4) is 0 Å². The summed E-state index contributed by atoms with van der Waals surface area (Å²) in [6, 6.07) is 2.44. The Balaban J connectivity index is 1.56. The Hall–Kier alpha value is -1.45. The molecule has 28 heavy (non-hydrogen) atoms. The smallest absolute Gasteiger partial charge is 0.341 e. The van der Waals surface area contributed by atoms with Gasteiger partial charge in [0.1, 0.15) is 17.2 Å². The van der Waals surface area contributed by atoms with E-state index in [9.17, 15) is 13.6 Å². The predicted molar refractivity (Wildman–Crippen MR) is 108 cm³/mol. The molecule has 2 aliphatic rings. The minimum Gasteiger partial charge on any atom is -0.477 e. The fourth-order valence-corrected chi connectivity index (χ4v) is 5.81. The van der Waals surface area contributed by atoms with Crippen LogP contribution in [0, 0.1) is 35.3 Å². The summed E-state index contributed by atoms with van der Waals surface area (Å²) in [7, 11) is 0. The molecule has 2 saturated carbocycles. The van der Waals surface area contributed by atoms with Gasteiger partial charge in [-0.3, -0.25) is 0 Å². The molecule has 2 nitrogen and oxygen atoms in total. The molecule has 2 fully saturated rings. The molecule has 2 aliphatic carbocycles. The third-order valence-electron chi connectivity index (χ3n) is 7.58. The van der Waals surface area contributed by atoms with Crippen LogP contribution >= 0.6 is 0 Å². The van der Waals surface area contributed by atoms with Crippen LogP contribution in [0.4, 0.5) is 8.78 Å². The van der Waals surface area contributed by atoms with E-state index in [1.807, 2.05) is 6.92 Å². The Morgan fingerprint density at radius 1 is 1.00 bits per heavy atom. The van der Waals surface area contributed by atoms with Gasteiger partial charge >= 0.3 is 5.97 Å². The number of hydrogen-bond donors (Lipinski definition) is 1. The van der Waals surface area contributed by atoms with Gasteiger partial charge in [0.15, 0.2) is 0 Å². The zero-order valence-corrected chi connectivity index (χ0v) is 17.2. The van der Waals surface area contributed by atoms with Crippen molar-refractivity contribution in [3.8, 4) is 0 Å². The molecule has 0 aliphatic heterocycles.